The van der Waals surface area contributed by atoms with Crippen LogP contribution in [-0.4, -0.2) is 18.2 Å². The van der Waals surface area contributed by atoms with E-state index in [1.54, 1.807) is 0 Å². The van der Waals surface area contributed by atoms with Crippen LogP contribution in [0, 0.1) is 18.8 Å². The standard InChI is InChI=1S/C29H36O3/c1-7-31-27(30)11-9-8-10-22-12-14-23(15-13-22)16-17-24-19-25-26(18-21(24)2)32-29(5,6)20-28(25,3)4/h12-15,18-19H,7-11,20H2,1-6H3. The maximum Gasteiger partial charge on any atom is 0.305 e. The molecule has 0 atom stereocenters. The zero-order valence-corrected chi connectivity index (χ0v) is 20.4. The summed E-state index contributed by atoms with van der Waals surface area (Å²) < 4.78 is 11.2. The molecule has 32 heavy (non-hydrogen) atoms. The summed E-state index contributed by atoms with van der Waals surface area (Å²) in [6, 6.07) is 12.8. The van der Waals surface area contributed by atoms with E-state index in [1.165, 1.54) is 11.1 Å². The van der Waals surface area contributed by atoms with Crippen molar-refractivity contribution in [3.63, 3.8) is 0 Å². The molecule has 3 nitrogen and oxygen atoms in total. The molecule has 170 valence electrons. The lowest BCUT2D eigenvalue weighted by molar-refractivity contribution is -0.143. The fraction of sp³-hybridized carbons (Fsp3) is 0.483. The van der Waals surface area contributed by atoms with Crippen LogP contribution in [0.25, 0.3) is 0 Å². The minimum absolute atomic E-state index is 0.0517. The van der Waals surface area contributed by atoms with Crippen LogP contribution in [0.3, 0.4) is 0 Å². The van der Waals surface area contributed by atoms with Gasteiger partial charge in [0.15, 0.2) is 0 Å². The van der Waals surface area contributed by atoms with E-state index >= 15 is 0 Å². The highest BCUT2D eigenvalue weighted by Gasteiger charge is 2.39. The van der Waals surface area contributed by atoms with Crippen LogP contribution in [0.4, 0.5) is 0 Å². The van der Waals surface area contributed by atoms with Gasteiger partial charge in [-0.3, -0.25) is 4.79 Å². The van der Waals surface area contributed by atoms with Crippen molar-refractivity contribution in [3.8, 4) is 17.6 Å². The molecule has 0 saturated carbocycles. The number of fused-ring (bicyclic) bond motifs is 1. The topological polar surface area (TPSA) is 35.5 Å². The molecule has 3 rings (SSSR count). The number of carbonyl (C=O) groups is 1. The van der Waals surface area contributed by atoms with E-state index in [9.17, 15) is 4.79 Å². The van der Waals surface area contributed by atoms with E-state index in [-0.39, 0.29) is 17.0 Å². The molecular formula is C29H36O3. The average molecular weight is 433 g/mol. The Kier molecular flexibility index (Phi) is 7.34. The Hall–Kier alpha value is -2.73. The monoisotopic (exact) mass is 432 g/mol. The van der Waals surface area contributed by atoms with Gasteiger partial charge in [0.25, 0.3) is 0 Å². The summed E-state index contributed by atoms with van der Waals surface area (Å²) in [6.07, 6.45) is 4.27. The third-order valence-corrected chi connectivity index (χ3v) is 6.01. The first kappa shape index (κ1) is 23.9. The van der Waals surface area contributed by atoms with E-state index < -0.39 is 0 Å². The Labute approximate surface area is 193 Å². The SMILES string of the molecule is CCOC(=O)CCCCc1ccc(C#Cc2cc3c(cc2C)OC(C)(C)CC3(C)C)cc1. The van der Waals surface area contributed by atoms with Gasteiger partial charge in [0.1, 0.15) is 11.4 Å². The molecule has 0 N–H and O–H groups in total. The Morgan fingerprint density at radius 3 is 2.47 bits per heavy atom. The molecule has 3 heteroatoms. The van der Waals surface area contributed by atoms with Crippen LogP contribution in [0.2, 0.25) is 0 Å². The van der Waals surface area contributed by atoms with Gasteiger partial charge in [-0.15, -0.1) is 0 Å². The third-order valence-electron chi connectivity index (χ3n) is 6.01. The van der Waals surface area contributed by atoms with E-state index in [2.05, 4.69) is 82.9 Å². The highest BCUT2D eigenvalue weighted by atomic mass is 16.5. The zero-order chi connectivity index (χ0) is 23.4. The van der Waals surface area contributed by atoms with Gasteiger partial charge < -0.3 is 9.47 Å². The number of esters is 1. The predicted molar refractivity (Wildman–Crippen MR) is 130 cm³/mol. The van der Waals surface area contributed by atoms with Gasteiger partial charge in [-0.05, 0) is 94.2 Å². The number of ether oxygens (including phenoxy) is 2. The van der Waals surface area contributed by atoms with E-state index in [0.717, 1.165) is 48.1 Å². The van der Waals surface area contributed by atoms with Gasteiger partial charge >= 0.3 is 5.97 Å². The predicted octanol–water partition coefficient (Wildman–Crippen LogP) is 6.51. The molecule has 2 aromatic rings. The van der Waals surface area contributed by atoms with E-state index in [4.69, 9.17) is 9.47 Å². The molecule has 0 fully saturated rings. The van der Waals surface area contributed by atoms with Gasteiger partial charge in [-0.2, -0.15) is 0 Å². The van der Waals surface area contributed by atoms with E-state index in [1.807, 2.05) is 6.92 Å². The van der Waals surface area contributed by atoms with Crippen LogP contribution in [-0.2, 0) is 21.4 Å². The first-order valence-corrected chi connectivity index (χ1v) is 11.7. The van der Waals surface area contributed by atoms with Crippen molar-refractivity contribution in [3.05, 3.63) is 64.2 Å². The summed E-state index contributed by atoms with van der Waals surface area (Å²) in [7, 11) is 0. The quantitative estimate of drug-likeness (QED) is 0.296. The van der Waals surface area contributed by atoms with Crippen molar-refractivity contribution in [2.45, 2.75) is 84.7 Å². The lowest BCUT2D eigenvalue weighted by Crippen LogP contribution is -2.41. The minimum Gasteiger partial charge on any atom is -0.488 e. The molecule has 0 bridgehead atoms. The van der Waals surface area contributed by atoms with Gasteiger partial charge in [0.2, 0.25) is 0 Å². The number of hydrogen-bond acceptors (Lipinski definition) is 3. The first-order chi connectivity index (χ1) is 15.1. The summed E-state index contributed by atoms with van der Waals surface area (Å²) in [4.78, 5) is 11.4. The molecule has 0 amide bonds. The Morgan fingerprint density at radius 2 is 1.78 bits per heavy atom. The average Bonchev–Trinajstić information content (AvgIpc) is 2.69. The number of carbonyl (C=O) groups excluding carboxylic acids is 1. The molecule has 1 heterocycles. The fourth-order valence-corrected chi connectivity index (χ4v) is 4.65. The van der Waals surface area contributed by atoms with Crippen molar-refractivity contribution in [1.29, 1.82) is 0 Å². The fourth-order valence-electron chi connectivity index (χ4n) is 4.65. The second-order valence-electron chi connectivity index (χ2n) is 10.0. The lowest BCUT2D eigenvalue weighted by Gasteiger charge is -2.42. The molecule has 1 aliphatic heterocycles. The van der Waals surface area contributed by atoms with Crippen LogP contribution in [0.1, 0.15) is 88.1 Å². The highest BCUT2D eigenvalue weighted by molar-refractivity contribution is 5.69. The highest BCUT2D eigenvalue weighted by Crippen LogP contribution is 2.45. The second-order valence-corrected chi connectivity index (χ2v) is 10.0. The van der Waals surface area contributed by atoms with Gasteiger partial charge in [0.05, 0.1) is 6.61 Å². The van der Waals surface area contributed by atoms with Crippen molar-refractivity contribution in [2.24, 2.45) is 0 Å². The number of benzene rings is 2. The van der Waals surface area contributed by atoms with Gasteiger partial charge in [0, 0.05) is 23.1 Å². The van der Waals surface area contributed by atoms with E-state index in [0.29, 0.717) is 13.0 Å². The molecule has 0 unspecified atom stereocenters. The Balaban J connectivity index is 1.66. The maximum atomic E-state index is 11.4. The molecule has 0 spiro atoms. The molecule has 0 aromatic heterocycles. The third kappa shape index (κ3) is 6.16. The van der Waals surface area contributed by atoms with Gasteiger partial charge in [-0.1, -0.05) is 37.8 Å². The van der Waals surface area contributed by atoms with Gasteiger partial charge in [-0.25, -0.2) is 0 Å². The number of aryl methyl sites for hydroxylation is 2. The first-order valence-electron chi connectivity index (χ1n) is 11.7. The molecule has 0 aliphatic carbocycles. The van der Waals surface area contributed by atoms with Crippen molar-refractivity contribution < 1.29 is 14.3 Å². The lowest BCUT2D eigenvalue weighted by atomic mass is 9.73. The smallest absolute Gasteiger partial charge is 0.305 e. The van der Waals surface area contributed by atoms with Crippen molar-refractivity contribution in [1.82, 2.24) is 0 Å². The van der Waals surface area contributed by atoms with Crippen LogP contribution >= 0.6 is 0 Å². The summed E-state index contributed by atoms with van der Waals surface area (Å²) in [5.74, 6) is 7.59. The molecule has 0 radical (unpaired) electrons. The largest absolute Gasteiger partial charge is 0.488 e. The molecule has 2 aromatic carbocycles. The van der Waals surface area contributed by atoms with Crippen LogP contribution < -0.4 is 4.74 Å². The zero-order valence-electron chi connectivity index (χ0n) is 20.4. The maximum absolute atomic E-state index is 11.4. The minimum atomic E-state index is -0.156. The number of hydrogen-bond donors (Lipinski definition) is 0. The molecule has 1 aliphatic rings. The Bertz CT molecular complexity index is 1020. The van der Waals surface area contributed by atoms with Crippen LogP contribution in [0.5, 0.6) is 5.75 Å². The summed E-state index contributed by atoms with van der Waals surface area (Å²) in [5, 5.41) is 0. The number of unbranched alkanes of at least 4 members (excludes halogenated alkanes) is 1. The normalized spacial score (nSPS) is 15.7. The summed E-state index contributed by atoms with van der Waals surface area (Å²) >= 11 is 0. The Morgan fingerprint density at radius 1 is 1.06 bits per heavy atom. The summed E-state index contributed by atoms with van der Waals surface area (Å²) in [6.45, 7) is 13.3. The van der Waals surface area contributed by atoms with Crippen LogP contribution in [0.15, 0.2) is 36.4 Å². The second kappa shape index (κ2) is 9.82. The van der Waals surface area contributed by atoms with Crippen molar-refractivity contribution >= 4 is 5.97 Å². The van der Waals surface area contributed by atoms with Crippen molar-refractivity contribution in [2.75, 3.05) is 6.61 Å². The molecule has 0 saturated heterocycles. The number of rotatable bonds is 6. The molecular weight excluding hydrogens is 396 g/mol. The summed E-state index contributed by atoms with van der Waals surface area (Å²) in [5.41, 5.74) is 5.61.